The summed E-state index contributed by atoms with van der Waals surface area (Å²) in [6, 6.07) is 6.59. The van der Waals surface area contributed by atoms with Crippen LogP contribution < -0.4 is 4.72 Å². The number of benzene rings is 1. The Morgan fingerprint density at radius 1 is 1.26 bits per heavy atom. The average Bonchev–Trinajstić information content (AvgIpc) is 3.18. The average molecular weight is 348 g/mol. The zero-order valence-corrected chi connectivity index (χ0v) is 13.0. The molecular formula is C13H18BrNO3S. The van der Waals surface area contributed by atoms with Gasteiger partial charge in [0.1, 0.15) is 0 Å². The van der Waals surface area contributed by atoms with Crippen molar-refractivity contribution in [1.82, 2.24) is 4.72 Å². The van der Waals surface area contributed by atoms with E-state index >= 15 is 0 Å². The minimum absolute atomic E-state index is 0.287. The highest BCUT2D eigenvalue weighted by Gasteiger charge is 2.20. The summed E-state index contributed by atoms with van der Waals surface area (Å²) in [6.07, 6.45) is 3.24. The molecule has 1 aliphatic rings. The maximum absolute atomic E-state index is 11.9. The van der Waals surface area contributed by atoms with Gasteiger partial charge < -0.3 is 4.74 Å². The molecule has 1 aromatic rings. The Balaban J connectivity index is 1.69. The number of nitrogens with one attached hydrogen (secondary N) is 1. The van der Waals surface area contributed by atoms with Gasteiger partial charge in [-0.1, -0.05) is 15.9 Å². The quantitative estimate of drug-likeness (QED) is 0.735. The van der Waals surface area contributed by atoms with Crippen molar-refractivity contribution in [2.75, 3.05) is 19.8 Å². The van der Waals surface area contributed by atoms with Crippen LogP contribution >= 0.6 is 15.9 Å². The summed E-state index contributed by atoms with van der Waals surface area (Å²) in [4.78, 5) is 0.287. The summed E-state index contributed by atoms with van der Waals surface area (Å²) < 4.78 is 32.7. The van der Waals surface area contributed by atoms with Gasteiger partial charge in [-0.05, 0) is 49.4 Å². The summed E-state index contributed by atoms with van der Waals surface area (Å²) in [6.45, 7) is 1.84. The van der Waals surface area contributed by atoms with Gasteiger partial charge in [-0.25, -0.2) is 13.1 Å². The summed E-state index contributed by atoms with van der Waals surface area (Å²) >= 11 is 3.28. The molecule has 0 saturated heterocycles. The topological polar surface area (TPSA) is 55.4 Å². The number of halogens is 1. The molecule has 6 heteroatoms. The second kappa shape index (κ2) is 6.83. The van der Waals surface area contributed by atoms with Gasteiger partial charge in [-0.3, -0.25) is 0 Å². The minimum Gasteiger partial charge on any atom is -0.381 e. The van der Waals surface area contributed by atoms with E-state index in [2.05, 4.69) is 20.7 Å². The molecule has 0 spiro atoms. The fourth-order valence-electron chi connectivity index (χ4n) is 1.61. The second-order valence-electron chi connectivity index (χ2n) is 4.72. The van der Waals surface area contributed by atoms with Crippen LogP contribution in [0, 0.1) is 5.92 Å². The van der Waals surface area contributed by atoms with Crippen LogP contribution in [0.1, 0.15) is 19.3 Å². The van der Waals surface area contributed by atoms with E-state index in [0.29, 0.717) is 19.6 Å². The molecule has 0 unspecified atom stereocenters. The lowest BCUT2D eigenvalue weighted by Crippen LogP contribution is -2.25. The molecule has 0 amide bonds. The Bertz CT molecular complexity index is 497. The fraction of sp³-hybridized carbons (Fsp3) is 0.538. The summed E-state index contributed by atoms with van der Waals surface area (Å²) in [7, 11) is -3.39. The molecule has 0 aliphatic heterocycles. The zero-order chi connectivity index (χ0) is 13.7. The predicted molar refractivity (Wildman–Crippen MR) is 77.5 cm³/mol. The van der Waals surface area contributed by atoms with Gasteiger partial charge in [0, 0.05) is 24.2 Å². The van der Waals surface area contributed by atoms with Crippen LogP contribution in [-0.4, -0.2) is 28.2 Å². The SMILES string of the molecule is O=S(=O)(NCCCOCC1CC1)c1ccc(Br)cc1. The molecule has 0 bridgehead atoms. The van der Waals surface area contributed by atoms with E-state index in [9.17, 15) is 8.42 Å². The van der Waals surface area contributed by atoms with Crippen LogP contribution in [0.3, 0.4) is 0 Å². The molecule has 1 saturated carbocycles. The van der Waals surface area contributed by atoms with Gasteiger partial charge in [0.2, 0.25) is 10.0 Å². The van der Waals surface area contributed by atoms with Gasteiger partial charge in [-0.15, -0.1) is 0 Å². The fourth-order valence-corrected chi connectivity index (χ4v) is 2.95. The van der Waals surface area contributed by atoms with Crippen LogP contribution in [0.4, 0.5) is 0 Å². The molecule has 0 radical (unpaired) electrons. The van der Waals surface area contributed by atoms with Crippen molar-refractivity contribution in [3.05, 3.63) is 28.7 Å². The van der Waals surface area contributed by atoms with Crippen LogP contribution in [-0.2, 0) is 14.8 Å². The molecule has 2 rings (SSSR count). The van der Waals surface area contributed by atoms with Crippen molar-refractivity contribution in [3.63, 3.8) is 0 Å². The number of hydrogen-bond donors (Lipinski definition) is 1. The van der Waals surface area contributed by atoms with Crippen LogP contribution in [0.2, 0.25) is 0 Å². The van der Waals surface area contributed by atoms with Crippen molar-refractivity contribution in [3.8, 4) is 0 Å². The predicted octanol–water partition coefficient (Wildman–Crippen LogP) is 2.54. The first-order valence-electron chi connectivity index (χ1n) is 6.41. The lowest BCUT2D eigenvalue weighted by Gasteiger charge is -2.07. The van der Waals surface area contributed by atoms with E-state index < -0.39 is 10.0 Å². The van der Waals surface area contributed by atoms with E-state index in [1.807, 2.05) is 0 Å². The number of ether oxygens (including phenoxy) is 1. The third-order valence-corrected chi connectivity index (χ3v) is 4.94. The number of sulfonamides is 1. The van der Waals surface area contributed by atoms with Crippen molar-refractivity contribution in [2.24, 2.45) is 5.92 Å². The van der Waals surface area contributed by atoms with Crippen molar-refractivity contribution in [1.29, 1.82) is 0 Å². The highest BCUT2D eigenvalue weighted by Crippen LogP contribution is 2.28. The molecule has 4 nitrogen and oxygen atoms in total. The van der Waals surface area contributed by atoms with E-state index in [1.165, 1.54) is 12.8 Å². The third kappa shape index (κ3) is 5.22. The largest absolute Gasteiger partial charge is 0.381 e. The Kier molecular flexibility index (Phi) is 5.38. The molecule has 1 aromatic carbocycles. The van der Waals surface area contributed by atoms with E-state index in [1.54, 1.807) is 24.3 Å². The first kappa shape index (κ1) is 15.0. The zero-order valence-electron chi connectivity index (χ0n) is 10.6. The monoisotopic (exact) mass is 347 g/mol. The third-order valence-electron chi connectivity index (χ3n) is 2.93. The summed E-state index contributed by atoms with van der Waals surface area (Å²) in [5.41, 5.74) is 0. The van der Waals surface area contributed by atoms with Gasteiger partial charge in [-0.2, -0.15) is 0 Å². The van der Waals surface area contributed by atoms with Gasteiger partial charge >= 0.3 is 0 Å². The minimum atomic E-state index is -3.39. The van der Waals surface area contributed by atoms with E-state index in [0.717, 1.165) is 17.0 Å². The normalized spacial score (nSPS) is 15.6. The molecule has 1 fully saturated rings. The maximum Gasteiger partial charge on any atom is 0.240 e. The van der Waals surface area contributed by atoms with Crippen LogP contribution in [0.15, 0.2) is 33.6 Å². The molecule has 1 N–H and O–H groups in total. The molecule has 1 aliphatic carbocycles. The first-order valence-corrected chi connectivity index (χ1v) is 8.68. The van der Waals surface area contributed by atoms with Crippen molar-refractivity contribution < 1.29 is 13.2 Å². The van der Waals surface area contributed by atoms with Crippen molar-refractivity contribution >= 4 is 26.0 Å². The highest BCUT2D eigenvalue weighted by molar-refractivity contribution is 9.10. The Morgan fingerprint density at radius 3 is 2.58 bits per heavy atom. The molecule has 19 heavy (non-hydrogen) atoms. The standard InChI is InChI=1S/C13H18BrNO3S/c14-12-4-6-13(7-5-12)19(16,17)15-8-1-9-18-10-11-2-3-11/h4-7,11,15H,1-3,8-10H2. The van der Waals surface area contributed by atoms with Crippen LogP contribution in [0.25, 0.3) is 0 Å². The van der Waals surface area contributed by atoms with Gasteiger partial charge in [0.25, 0.3) is 0 Å². The summed E-state index contributed by atoms with van der Waals surface area (Å²) in [5, 5.41) is 0. The molecule has 106 valence electrons. The highest BCUT2D eigenvalue weighted by atomic mass is 79.9. The van der Waals surface area contributed by atoms with Crippen LogP contribution in [0.5, 0.6) is 0 Å². The smallest absolute Gasteiger partial charge is 0.240 e. The van der Waals surface area contributed by atoms with E-state index in [4.69, 9.17) is 4.74 Å². The molecular weight excluding hydrogens is 330 g/mol. The molecule has 0 atom stereocenters. The van der Waals surface area contributed by atoms with Gasteiger partial charge in [0.05, 0.1) is 4.90 Å². The molecule has 0 aromatic heterocycles. The number of hydrogen-bond acceptors (Lipinski definition) is 3. The van der Waals surface area contributed by atoms with E-state index in [-0.39, 0.29) is 4.90 Å². The number of rotatable bonds is 8. The lowest BCUT2D eigenvalue weighted by molar-refractivity contribution is 0.123. The lowest BCUT2D eigenvalue weighted by atomic mass is 10.4. The summed E-state index contributed by atoms with van der Waals surface area (Å²) in [5.74, 6) is 0.749. The van der Waals surface area contributed by atoms with Gasteiger partial charge in [0.15, 0.2) is 0 Å². The van der Waals surface area contributed by atoms with Crippen molar-refractivity contribution in [2.45, 2.75) is 24.2 Å². The Labute approximate surface area is 122 Å². The second-order valence-corrected chi connectivity index (χ2v) is 7.41. The Hall–Kier alpha value is -0.430. The maximum atomic E-state index is 11.9. The first-order chi connectivity index (χ1) is 9.08. The Morgan fingerprint density at radius 2 is 1.95 bits per heavy atom. The molecule has 0 heterocycles.